The first-order valence-corrected chi connectivity index (χ1v) is 7.07. The van der Waals surface area contributed by atoms with E-state index >= 15 is 0 Å². The highest BCUT2D eigenvalue weighted by Crippen LogP contribution is 2.68. The standard InChI is InChI=1S/C16H26N2O/c1-6-19-12-9-7-8-11(14(12)17)18-10-13-15(2,3)16(13,4)5/h7-9,13,18H,6,10,17H2,1-5H3. The number of hydrogen-bond donors (Lipinski definition) is 2. The van der Waals surface area contributed by atoms with E-state index in [1.54, 1.807) is 0 Å². The second kappa shape index (κ2) is 4.62. The van der Waals surface area contributed by atoms with E-state index in [4.69, 9.17) is 10.5 Å². The van der Waals surface area contributed by atoms with E-state index in [9.17, 15) is 0 Å². The van der Waals surface area contributed by atoms with Crippen molar-refractivity contribution in [3.05, 3.63) is 18.2 Å². The Labute approximate surface area is 116 Å². The van der Waals surface area contributed by atoms with Crippen molar-refractivity contribution >= 4 is 11.4 Å². The Balaban J connectivity index is 2.03. The Morgan fingerprint density at radius 2 is 1.84 bits per heavy atom. The van der Waals surface area contributed by atoms with Gasteiger partial charge in [0.15, 0.2) is 0 Å². The van der Waals surface area contributed by atoms with Crippen molar-refractivity contribution in [1.29, 1.82) is 0 Å². The zero-order valence-electron chi connectivity index (χ0n) is 12.7. The minimum Gasteiger partial charge on any atom is -0.492 e. The van der Waals surface area contributed by atoms with Gasteiger partial charge in [0.2, 0.25) is 0 Å². The van der Waals surface area contributed by atoms with Crippen LogP contribution in [0.15, 0.2) is 18.2 Å². The molecule has 1 aromatic rings. The van der Waals surface area contributed by atoms with Crippen molar-refractivity contribution in [2.24, 2.45) is 16.7 Å². The highest BCUT2D eigenvalue weighted by atomic mass is 16.5. The third-order valence-corrected chi connectivity index (χ3v) is 5.18. The summed E-state index contributed by atoms with van der Waals surface area (Å²) in [5.41, 5.74) is 8.60. The van der Waals surface area contributed by atoms with Gasteiger partial charge in [0.05, 0.1) is 18.0 Å². The van der Waals surface area contributed by atoms with E-state index in [2.05, 4.69) is 33.0 Å². The molecule has 1 aliphatic carbocycles. The first-order valence-electron chi connectivity index (χ1n) is 7.07. The molecule has 1 aromatic carbocycles. The van der Waals surface area contributed by atoms with Gasteiger partial charge in [0.25, 0.3) is 0 Å². The maximum atomic E-state index is 6.12. The van der Waals surface area contributed by atoms with E-state index in [1.807, 2.05) is 25.1 Å². The number of hydrogen-bond acceptors (Lipinski definition) is 3. The molecule has 106 valence electrons. The summed E-state index contributed by atoms with van der Waals surface area (Å²) in [4.78, 5) is 0. The minimum atomic E-state index is 0.395. The summed E-state index contributed by atoms with van der Waals surface area (Å²) in [5, 5.41) is 3.48. The number of nitrogens with one attached hydrogen (secondary N) is 1. The first kappa shape index (κ1) is 14.0. The molecule has 0 bridgehead atoms. The van der Waals surface area contributed by atoms with Crippen LogP contribution in [0, 0.1) is 16.7 Å². The highest BCUT2D eigenvalue weighted by molar-refractivity contribution is 5.73. The largest absolute Gasteiger partial charge is 0.492 e. The number of rotatable bonds is 5. The number of nitrogen functional groups attached to an aromatic ring is 1. The van der Waals surface area contributed by atoms with Crippen LogP contribution in [-0.2, 0) is 0 Å². The summed E-state index contributed by atoms with van der Waals surface area (Å²) >= 11 is 0. The van der Waals surface area contributed by atoms with Gasteiger partial charge in [-0.05, 0) is 35.8 Å². The van der Waals surface area contributed by atoms with E-state index in [1.165, 1.54) is 0 Å². The number of nitrogens with two attached hydrogens (primary N) is 1. The van der Waals surface area contributed by atoms with Crippen LogP contribution in [0.2, 0.25) is 0 Å². The molecule has 0 heterocycles. The molecule has 0 amide bonds. The summed E-state index contributed by atoms with van der Waals surface area (Å²) in [6.07, 6.45) is 0. The Hall–Kier alpha value is -1.38. The summed E-state index contributed by atoms with van der Waals surface area (Å²) in [5.74, 6) is 1.44. The fraction of sp³-hybridized carbons (Fsp3) is 0.625. The molecule has 3 heteroatoms. The topological polar surface area (TPSA) is 47.3 Å². The van der Waals surface area contributed by atoms with Gasteiger partial charge >= 0.3 is 0 Å². The Morgan fingerprint density at radius 1 is 1.21 bits per heavy atom. The lowest BCUT2D eigenvalue weighted by molar-refractivity contribution is 0.342. The highest BCUT2D eigenvalue weighted by Gasteiger charge is 2.64. The molecular weight excluding hydrogens is 236 g/mol. The van der Waals surface area contributed by atoms with Gasteiger partial charge in [-0.3, -0.25) is 0 Å². The first-order chi connectivity index (χ1) is 8.82. The SMILES string of the molecule is CCOc1cccc(NCC2C(C)(C)C2(C)C)c1N. The van der Waals surface area contributed by atoms with Crippen LogP contribution < -0.4 is 15.8 Å². The maximum absolute atomic E-state index is 6.12. The van der Waals surface area contributed by atoms with E-state index in [-0.39, 0.29) is 0 Å². The molecular formula is C16H26N2O. The minimum absolute atomic E-state index is 0.395. The van der Waals surface area contributed by atoms with Gasteiger partial charge in [-0.25, -0.2) is 0 Å². The Kier molecular flexibility index (Phi) is 3.41. The Morgan fingerprint density at radius 3 is 2.37 bits per heavy atom. The lowest BCUT2D eigenvalue weighted by atomic mass is 10.0. The molecule has 1 aliphatic rings. The number of para-hydroxylation sites is 1. The van der Waals surface area contributed by atoms with Crippen molar-refractivity contribution in [2.45, 2.75) is 34.6 Å². The monoisotopic (exact) mass is 262 g/mol. The lowest BCUT2D eigenvalue weighted by Gasteiger charge is -2.13. The van der Waals surface area contributed by atoms with Crippen molar-refractivity contribution in [2.75, 3.05) is 24.2 Å². The maximum Gasteiger partial charge on any atom is 0.144 e. The van der Waals surface area contributed by atoms with Gasteiger partial charge in [-0.1, -0.05) is 33.8 Å². The number of ether oxygens (including phenoxy) is 1. The normalized spacial score (nSPS) is 20.1. The third-order valence-electron chi connectivity index (χ3n) is 5.18. The smallest absolute Gasteiger partial charge is 0.144 e. The summed E-state index contributed by atoms with van der Waals surface area (Å²) < 4.78 is 5.52. The fourth-order valence-electron chi connectivity index (χ4n) is 3.04. The zero-order chi connectivity index (χ0) is 14.3. The fourth-order valence-corrected chi connectivity index (χ4v) is 3.04. The predicted molar refractivity (Wildman–Crippen MR) is 81.6 cm³/mol. The van der Waals surface area contributed by atoms with E-state index in [0.717, 1.165) is 18.0 Å². The van der Waals surface area contributed by atoms with Gasteiger partial charge in [0, 0.05) is 6.54 Å². The van der Waals surface area contributed by atoms with Crippen LogP contribution in [0.1, 0.15) is 34.6 Å². The lowest BCUT2D eigenvalue weighted by Crippen LogP contribution is -2.10. The Bertz CT molecular complexity index is 452. The van der Waals surface area contributed by atoms with Crippen LogP contribution in [0.4, 0.5) is 11.4 Å². The molecule has 1 saturated carbocycles. The molecule has 0 saturated heterocycles. The van der Waals surface area contributed by atoms with Gasteiger partial charge in [0.1, 0.15) is 5.75 Å². The van der Waals surface area contributed by atoms with Crippen LogP contribution in [0.25, 0.3) is 0 Å². The molecule has 1 fully saturated rings. The summed E-state index contributed by atoms with van der Waals surface area (Å²) in [7, 11) is 0. The number of anilines is 2. The van der Waals surface area contributed by atoms with E-state index in [0.29, 0.717) is 29.0 Å². The van der Waals surface area contributed by atoms with Crippen molar-refractivity contribution in [3.63, 3.8) is 0 Å². The summed E-state index contributed by atoms with van der Waals surface area (Å²) in [6.45, 7) is 12.9. The van der Waals surface area contributed by atoms with Gasteiger partial charge in [-0.15, -0.1) is 0 Å². The second-order valence-electron chi connectivity index (χ2n) is 6.53. The molecule has 19 heavy (non-hydrogen) atoms. The zero-order valence-corrected chi connectivity index (χ0v) is 12.7. The molecule has 0 aromatic heterocycles. The summed E-state index contributed by atoms with van der Waals surface area (Å²) in [6, 6.07) is 5.90. The molecule has 3 nitrogen and oxygen atoms in total. The van der Waals surface area contributed by atoms with Crippen molar-refractivity contribution < 1.29 is 4.74 Å². The molecule has 0 atom stereocenters. The van der Waals surface area contributed by atoms with Crippen LogP contribution in [0.5, 0.6) is 5.75 Å². The number of benzene rings is 1. The molecule has 0 radical (unpaired) electrons. The van der Waals surface area contributed by atoms with E-state index < -0.39 is 0 Å². The molecule has 3 N–H and O–H groups in total. The van der Waals surface area contributed by atoms with Crippen LogP contribution in [0.3, 0.4) is 0 Å². The van der Waals surface area contributed by atoms with Gasteiger partial charge in [-0.2, -0.15) is 0 Å². The van der Waals surface area contributed by atoms with Crippen molar-refractivity contribution in [1.82, 2.24) is 0 Å². The third kappa shape index (κ3) is 2.26. The average molecular weight is 262 g/mol. The van der Waals surface area contributed by atoms with Crippen LogP contribution in [-0.4, -0.2) is 13.2 Å². The molecule has 0 aliphatic heterocycles. The predicted octanol–water partition coefficient (Wildman–Crippen LogP) is 3.76. The average Bonchev–Trinajstić information content (AvgIpc) is 2.72. The molecule has 0 unspecified atom stereocenters. The molecule has 2 rings (SSSR count). The van der Waals surface area contributed by atoms with Crippen LogP contribution >= 0.6 is 0 Å². The van der Waals surface area contributed by atoms with Gasteiger partial charge < -0.3 is 15.8 Å². The second-order valence-corrected chi connectivity index (χ2v) is 6.53. The van der Waals surface area contributed by atoms with Crippen molar-refractivity contribution in [3.8, 4) is 5.75 Å². The molecule has 0 spiro atoms. The quantitative estimate of drug-likeness (QED) is 0.794.